The van der Waals surface area contributed by atoms with E-state index in [1.54, 1.807) is 49.4 Å². The van der Waals surface area contributed by atoms with Crippen LogP contribution >= 0.6 is 7.60 Å². The van der Waals surface area contributed by atoms with Crippen LogP contribution in [0.5, 0.6) is 11.5 Å². The van der Waals surface area contributed by atoms with E-state index in [0.29, 0.717) is 24.5 Å². The van der Waals surface area contributed by atoms with Crippen LogP contribution in [-0.2, 0) is 41.6 Å². The molecule has 3 rings (SSSR count). The molecule has 4 N–H and O–H groups in total. The Morgan fingerprint density at radius 1 is 0.958 bits per heavy atom. The maximum Gasteiger partial charge on any atom is 0.381 e. The molecule has 0 aliphatic carbocycles. The lowest BCUT2D eigenvalue weighted by Gasteiger charge is -2.28. The summed E-state index contributed by atoms with van der Waals surface area (Å²) in [5.74, 6) is 0.323. The lowest BCUT2D eigenvalue weighted by Crippen LogP contribution is -2.47. The number of benzene rings is 3. The molecule has 0 radical (unpaired) electrons. The van der Waals surface area contributed by atoms with Crippen LogP contribution < -0.4 is 20.3 Å². The first-order valence-corrected chi connectivity index (χ1v) is 19.0. The third kappa shape index (κ3) is 12.6. The molecule has 0 amide bonds. The molecule has 0 bridgehead atoms. The highest BCUT2D eigenvalue weighted by Gasteiger charge is 2.30. The molecule has 0 saturated carbocycles. The normalized spacial score (nSPS) is 14.3. The van der Waals surface area contributed by atoms with Crippen LogP contribution in [0.15, 0.2) is 83.8 Å². The van der Waals surface area contributed by atoms with E-state index in [9.17, 15) is 22.9 Å². The van der Waals surface area contributed by atoms with E-state index in [2.05, 4.69) is 5.32 Å². The van der Waals surface area contributed by atoms with Crippen molar-refractivity contribution >= 4 is 23.6 Å². The van der Waals surface area contributed by atoms with Crippen molar-refractivity contribution in [3.05, 3.63) is 90.0 Å². The van der Waals surface area contributed by atoms with E-state index in [0.717, 1.165) is 11.1 Å². The zero-order valence-electron chi connectivity index (χ0n) is 28.0. The summed E-state index contributed by atoms with van der Waals surface area (Å²) in [6, 6.07) is 21.7. The Morgan fingerprint density at radius 3 is 2.21 bits per heavy atom. The maximum absolute atomic E-state index is 13.4. The second kappa shape index (κ2) is 19.0. The third-order valence-electron chi connectivity index (χ3n) is 7.21. The number of carbonyl (C=O) groups is 1. The Bertz CT molecular complexity index is 1560. The van der Waals surface area contributed by atoms with Crippen molar-refractivity contribution in [1.82, 2.24) is 9.62 Å². The number of nitrogens with zero attached hydrogens (tertiary/aromatic N) is 1. The summed E-state index contributed by atoms with van der Waals surface area (Å²) in [5.41, 5.74) is 8.19. The lowest BCUT2D eigenvalue weighted by molar-refractivity contribution is -0.145. The van der Waals surface area contributed by atoms with Gasteiger partial charge in [0.15, 0.2) is 6.61 Å². The molecule has 264 valence electrons. The van der Waals surface area contributed by atoms with Crippen molar-refractivity contribution in [1.29, 1.82) is 0 Å². The van der Waals surface area contributed by atoms with Gasteiger partial charge >= 0.3 is 13.6 Å². The van der Waals surface area contributed by atoms with E-state index < -0.39 is 42.3 Å². The number of ether oxygens (including phenoxy) is 2. The van der Waals surface area contributed by atoms with Gasteiger partial charge in [0.2, 0.25) is 10.0 Å². The summed E-state index contributed by atoms with van der Waals surface area (Å²) in [6.45, 7) is 6.04. The molecule has 0 aromatic heterocycles. The van der Waals surface area contributed by atoms with Gasteiger partial charge in [-0.2, -0.15) is 4.31 Å². The first-order valence-electron chi connectivity index (χ1n) is 15.9. The quantitative estimate of drug-likeness (QED) is 0.0826. The van der Waals surface area contributed by atoms with Crippen LogP contribution in [0.2, 0.25) is 0 Å². The number of esters is 1. The minimum absolute atomic E-state index is 0.0220. The number of hydrogen-bond donors (Lipinski definition) is 3. The molecule has 0 spiro atoms. The van der Waals surface area contributed by atoms with E-state index >= 15 is 0 Å². The SMILES string of the molecule is CCOC(=O)COP(=O)(CCNCc1ccc(C[C@H](N)[C@H](O)CN(CC(C)C)S(=O)(=O)c2ccc(OC)cc2)cc1)Oc1ccccc1. The number of nitrogens with one attached hydrogen (secondary N) is 1. The van der Waals surface area contributed by atoms with Gasteiger partial charge in [-0.1, -0.05) is 56.3 Å². The molecule has 0 fully saturated rings. The Morgan fingerprint density at radius 2 is 1.60 bits per heavy atom. The van der Waals surface area contributed by atoms with Crippen LogP contribution in [0, 0.1) is 5.92 Å². The fraction of sp³-hybridized carbons (Fsp3) is 0.441. The van der Waals surface area contributed by atoms with Gasteiger partial charge in [-0.15, -0.1) is 0 Å². The summed E-state index contributed by atoms with van der Waals surface area (Å²) >= 11 is 0. The molecule has 3 aromatic carbocycles. The Kier molecular flexibility index (Phi) is 15.5. The van der Waals surface area contributed by atoms with E-state index in [1.807, 2.05) is 38.1 Å². The molecule has 1 unspecified atom stereocenters. The number of para-hydroxylation sites is 1. The van der Waals surface area contributed by atoms with Crippen molar-refractivity contribution < 1.29 is 41.4 Å². The van der Waals surface area contributed by atoms with Gasteiger partial charge in [-0.3, -0.25) is 4.52 Å². The molecular formula is C34H48N3O9PS. The van der Waals surface area contributed by atoms with Crippen molar-refractivity contribution in [3.8, 4) is 11.5 Å². The van der Waals surface area contributed by atoms with Crippen molar-refractivity contribution in [2.45, 2.75) is 50.8 Å². The van der Waals surface area contributed by atoms with Crippen LogP contribution in [0.25, 0.3) is 0 Å². The predicted octanol–water partition coefficient (Wildman–Crippen LogP) is 4.21. The molecule has 0 heterocycles. The largest absolute Gasteiger partial charge is 0.497 e. The van der Waals surface area contributed by atoms with Gasteiger partial charge in [-0.25, -0.2) is 17.8 Å². The summed E-state index contributed by atoms with van der Waals surface area (Å²) in [6.07, 6.45) is -0.739. The fourth-order valence-corrected chi connectivity index (χ4v) is 7.77. The zero-order chi connectivity index (χ0) is 35.2. The van der Waals surface area contributed by atoms with Crippen LogP contribution in [0.3, 0.4) is 0 Å². The zero-order valence-corrected chi connectivity index (χ0v) is 29.7. The average molecular weight is 706 g/mol. The highest BCUT2D eigenvalue weighted by molar-refractivity contribution is 7.89. The maximum atomic E-state index is 13.4. The number of methoxy groups -OCH3 is 1. The third-order valence-corrected chi connectivity index (χ3v) is 10.8. The van der Waals surface area contributed by atoms with Gasteiger partial charge in [0.1, 0.15) is 11.5 Å². The Balaban J connectivity index is 1.54. The molecule has 0 aliphatic rings. The number of carbonyl (C=O) groups excluding carboxylic acids is 1. The van der Waals surface area contributed by atoms with Gasteiger partial charge in [0.25, 0.3) is 0 Å². The van der Waals surface area contributed by atoms with Crippen molar-refractivity contribution in [2.24, 2.45) is 11.7 Å². The molecule has 14 heteroatoms. The number of hydrogen-bond acceptors (Lipinski definition) is 11. The molecule has 0 saturated heterocycles. The number of aliphatic hydroxyl groups is 1. The molecule has 0 aliphatic heterocycles. The number of rotatable bonds is 21. The fourth-order valence-electron chi connectivity index (χ4n) is 4.70. The predicted molar refractivity (Wildman–Crippen MR) is 185 cm³/mol. The number of sulfonamides is 1. The molecule has 48 heavy (non-hydrogen) atoms. The van der Waals surface area contributed by atoms with E-state index in [4.69, 9.17) is 24.3 Å². The monoisotopic (exact) mass is 705 g/mol. The van der Waals surface area contributed by atoms with Crippen LogP contribution in [-0.4, -0.2) is 82.1 Å². The molecular weight excluding hydrogens is 657 g/mol. The minimum Gasteiger partial charge on any atom is -0.497 e. The average Bonchev–Trinajstić information content (AvgIpc) is 3.06. The summed E-state index contributed by atoms with van der Waals surface area (Å²) in [7, 11) is -6.03. The van der Waals surface area contributed by atoms with E-state index in [1.165, 1.54) is 23.5 Å². The van der Waals surface area contributed by atoms with Crippen molar-refractivity contribution in [3.63, 3.8) is 0 Å². The van der Waals surface area contributed by atoms with Gasteiger partial charge in [0, 0.05) is 32.2 Å². The summed E-state index contributed by atoms with van der Waals surface area (Å²) in [5, 5.41) is 14.2. The Hall–Kier alpha value is -3.29. The number of nitrogens with two attached hydrogens (primary N) is 1. The smallest absolute Gasteiger partial charge is 0.381 e. The number of aliphatic hydroxyl groups excluding tert-OH is 1. The minimum atomic E-state index is -3.87. The highest BCUT2D eigenvalue weighted by Crippen LogP contribution is 2.47. The Labute approximate surface area is 284 Å². The molecule has 12 nitrogen and oxygen atoms in total. The first kappa shape index (κ1) is 39.2. The second-order valence-corrected chi connectivity index (χ2v) is 15.7. The standard InChI is InChI=1S/C34H48N3O9PS/c1-5-44-34(39)25-45-47(40,46-30-9-7-6-8-10-30)20-19-36-22-28-13-11-27(12-14-28)21-32(35)33(38)24-37(23-26(2)3)48(41,42)31-17-15-29(43-4)16-18-31/h6-18,26,32-33,36,38H,5,19-25,35H2,1-4H3/t32-,33+,47?/m0/s1. The first-order chi connectivity index (χ1) is 22.8. The molecule has 3 aromatic rings. The van der Waals surface area contributed by atoms with E-state index in [-0.39, 0.29) is 43.2 Å². The second-order valence-electron chi connectivity index (χ2n) is 11.6. The lowest BCUT2D eigenvalue weighted by atomic mass is 10.0. The topological polar surface area (TPSA) is 167 Å². The van der Waals surface area contributed by atoms with Gasteiger partial charge < -0.3 is 30.2 Å². The van der Waals surface area contributed by atoms with Gasteiger partial charge in [0.05, 0.1) is 30.9 Å². The van der Waals surface area contributed by atoms with Gasteiger partial charge in [-0.05, 0) is 66.8 Å². The summed E-state index contributed by atoms with van der Waals surface area (Å²) < 4.78 is 62.6. The van der Waals surface area contributed by atoms with Crippen LogP contribution in [0.1, 0.15) is 31.9 Å². The highest BCUT2D eigenvalue weighted by atomic mass is 32.2. The van der Waals surface area contributed by atoms with Crippen LogP contribution in [0.4, 0.5) is 0 Å². The summed E-state index contributed by atoms with van der Waals surface area (Å²) in [4.78, 5) is 11.9. The molecule has 3 atom stereocenters. The van der Waals surface area contributed by atoms with Crippen molar-refractivity contribution in [2.75, 3.05) is 46.1 Å².